The van der Waals surface area contributed by atoms with E-state index in [9.17, 15) is 19.3 Å². The average molecular weight is 296 g/mol. The molecule has 0 bridgehead atoms. The molecule has 0 radical (unpaired) electrons. The predicted octanol–water partition coefficient (Wildman–Crippen LogP) is 3.03. The van der Waals surface area contributed by atoms with Gasteiger partial charge in [-0.05, 0) is 24.3 Å². The van der Waals surface area contributed by atoms with Crippen LogP contribution in [0.4, 0.5) is 15.8 Å². The number of anilines is 1. The van der Waals surface area contributed by atoms with E-state index in [4.69, 9.17) is 11.6 Å². The topological polar surface area (TPSA) is 85.1 Å². The number of benzene rings is 1. The minimum atomic E-state index is -0.963. The Hall–Kier alpha value is -2.54. The normalized spacial score (nSPS) is 10.1. The van der Waals surface area contributed by atoms with Crippen LogP contribution in [-0.4, -0.2) is 15.8 Å². The number of nitro benzene ring substituents is 1. The maximum Gasteiger partial charge on any atom is 0.292 e. The highest BCUT2D eigenvalue weighted by Gasteiger charge is 2.19. The number of nitrogens with zero attached hydrogens (tertiary/aromatic N) is 2. The van der Waals surface area contributed by atoms with Crippen LogP contribution in [0, 0.1) is 16.1 Å². The Labute approximate surface area is 117 Å². The van der Waals surface area contributed by atoms with Crippen LogP contribution in [0.3, 0.4) is 0 Å². The van der Waals surface area contributed by atoms with Crippen molar-refractivity contribution in [1.82, 2.24) is 4.98 Å². The highest BCUT2D eigenvalue weighted by atomic mass is 35.5. The first-order valence-corrected chi connectivity index (χ1v) is 5.72. The van der Waals surface area contributed by atoms with Crippen molar-refractivity contribution in [1.29, 1.82) is 0 Å². The van der Waals surface area contributed by atoms with Gasteiger partial charge in [-0.25, -0.2) is 4.98 Å². The third kappa shape index (κ3) is 2.89. The summed E-state index contributed by atoms with van der Waals surface area (Å²) in [6.07, 6.45) is 1.19. The van der Waals surface area contributed by atoms with Gasteiger partial charge in [0.05, 0.1) is 10.5 Å². The Morgan fingerprint density at radius 2 is 2.15 bits per heavy atom. The summed E-state index contributed by atoms with van der Waals surface area (Å²) in [7, 11) is 0. The summed E-state index contributed by atoms with van der Waals surface area (Å²) < 4.78 is 13.3. The summed E-state index contributed by atoms with van der Waals surface area (Å²) in [6, 6.07) is 6.28. The number of nitrogens with one attached hydrogen (secondary N) is 1. The molecule has 6 nitrogen and oxygen atoms in total. The fourth-order valence-corrected chi connectivity index (χ4v) is 1.68. The lowest BCUT2D eigenvalue weighted by Gasteiger charge is -2.06. The molecule has 0 unspecified atom stereocenters. The zero-order chi connectivity index (χ0) is 14.7. The minimum absolute atomic E-state index is 0.115. The van der Waals surface area contributed by atoms with E-state index >= 15 is 0 Å². The summed E-state index contributed by atoms with van der Waals surface area (Å²) in [5.74, 6) is -1.81. The minimum Gasteiger partial charge on any atom is -0.316 e. The van der Waals surface area contributed by atoms with Crippen molar-refractivity contribution in [2.75, 3.05) is 5.32 Å². The Morgan fingerprint density at radius 1 is 1.40 bits per heavy atom. The zero-order valence-corrected chi connectivity index (χ0v) is 10.6. The molecule has 1 N–H and O–H groups in total. The SMILES string of the molecule is O=C(Nc1cc(Cl)ccc1[N+](=O)[O-])c1cccnc1F. The Balaban J connectivity index is 2.35. The molecule has 1 aromatic carbocycles. The second kappa shape index (κ2) is 5.62. The predicted molar refractivity (Wildman–Crippen MR) is 70.3 cm³/mol. The average Bonchev–Trinajstić information content (AvgIpc) is 2.38. The largest absolute Gasteiger partial charge is 0.316 e. The van der Waals surface area contributed by atoms with E-state index in [0.29, 0.717) is 0 Å². The highest BCUT2D eigenvalue weighted by molar-refractivity contribution is 6.31. The molecular formula is C12H7ClFN3O3. The van der Waals surface area contributed by atoms with Gasteiger partial charge in [0, 0.05) is 17.3 Å². The number of amides is 1. The lowest BCUT2D eigenvalue weighted by atomic mass is 10.2. The Bertz CT molecular complexity index is 693. The fourth-order valence-electron chi connectivity index (χ4n) is 1.51. The lowest BCUT2D eigenvalue weighted by molar-refractivity contribution is -0.383. The van der Waals surface area contributed by atoms with Gasteiger partial charge in [-0.2, -0.15) is 4.39 Å². The molecule has 0 saturated carbocycles. The monoisotopic (exact) mass is 295 g/mol. The number of pyridine rings is 1. The van der Waals surface area contributed by atoms with Crippen molar-refractivity contribution in [3.63, 3.8) is 0 Å². The molecule has 0 aliphatic carbocycles. The molecule has 0 aliphatic rings. The first kappa shape index (κ1) is 13.9. The molecule has 0 spiro atoms. The third-order valence-corrected chi connectivity index (χ3v) is 2.64. The maximum atomic E-state index is 13.3. The quantitative estimate of drug-likeness (QED) is 0.536. The summed E-state index contributed by atoms with van der Waals surface area (Å²) >= 11 is 5.72. The molecular weight excluding hydrogens is 289 g/mol. The smallest absolute Gasteiger partial charge is 0.292 e. The van der Waals surface area contributed by atoms with E-state index in [2.05, 4.69) is 10.3 Å². The molecule has 2 rings (SSSR count). The second-order valence-electron chi connectivity index (χ2n) is 3.71. The zero-order valence-electron chi connectivity index (χ0n) is 9.84. The van der Waals surface area contributed by atoms with Crippen LogP contribution in [0.15, 0.2) is 36.5 Å². The van der Waals surface area contributed by atoms with Crippen LogP contribution in [0.5, 0.6) is 0 Å². The van der Waals surface area contributed by atoms with Gasteiger partial charge < -0.3 is 5.32 Å². The molecule has 0 aliphatic heterocycles. The van der Waals surface area contributed by atoms with Gasteiger partial charge in [0.1, 0.15) is 5.69 Å². The van der Waals surface area contributed by atoms with Crippen LogP contribution in [0.25, 0.3) is 0 Å². The first-order valence-electron chi connectivity index (χ1n) is 5.35. The number of carbonyl (C=O) groups excluding carboxylic acids is 1. The van der Waals surface area contributed by atoms with Crippen LogP contribution in [0.2, 0.25) is 5.02 Å². The van der Waals surface area contributed by atoms with Crippen LogP contribution >= 0.6 is 11.6 Å². The van der Waals surface area contributed by atoms with Gasteiger partial charge in [-0.1, -0.05) is 11.6 Å². The summed E-state index contributed by atoms with van der Waals surface area (Å²) in [6.45, 7) is 0. The third-order valence-electron chi connectivity index (χ3n) is 2.41. The van der Waals surface area contributed by atoms with Gasteiger partial charge >= 0.3 is 0 Å². The standard InChI is InChI=1S/C12H7ClFN3O3/c13-7-3-4-10(17(19)20)9(6-7)16-12(18)8-2-1-5-15-11(8)14/h1-6H,(H,16,18). The van der Waals surface area contributed by atoms with Gasteiger partial charge in [-0.3, -0.25) is 14.9 Å². The number of rotatable bonds is 3. The number of carbonyl (C=O) groups is 1. The van der Waals surface area contributed by atoms with Crippen molar-refractivity contribution in [2.45, 2.75) is 0 Å². The van der Waals surface area contributed by atoms with Gasteiger partial charge in [0.15, 0.2) is 0 Å². The van der Waals surface area contributed by atoms with Gasteiger partial charge in [0.25, 0.3) is 11.6 Å². The summed E-state index contributed by atoms with van der Waals surface area (Å²) in [5, 5.41) is 13.3. The molecule has 0 atom stereocenters. The first-order chi connectivity index (χ1) is 9.49. The molecule has 0 saturated heterocycles. The van der Waals surface area contributed by atoms with E-state index in [0.717, 1.165) is 6.07 Å². The Morgan fingerprint density at radius 3 is 2.80 bits per heavy atom. The molecule has 2 aromatic rings. The molecule has 1 aromatic heterocycles. The number of aromatic nitrogens is 1. The number of nitro groups is 1. The van der Waals surface area contributed by atoms with E-state index in [1.54, 1.807) is 0 Å². The maximum absolute atomic E-state index is 13.3. The summed E-state index contributed by atoms with van der Waals surface area (Å²) in [5.41, 5.74) is -0.774. The van der Waals surface area contributed by atoms with Crippen molar-refractivity contribution >= 4 is 28.9 Å². The molecule has 102 valence electrons. The molecule has 20 heavy (non-hydrogen) atoms. The molecule has 1 heterocycles. The van der Waals surface area contributed by atoms with Crippen LogP contribution in [-0.2, 0) is 0 Å². The second-order valence-corrected chi connectivity index (χ2v) is 4.15. The number of hydrogen-bond acceptors (Lipinski definition) is 4. The van der Waals surface area contributed by atoms with E-state index in [1.165, 1.54) is 30.5 Å². The van der Waals surface area contributed by atoms with Crippen LogP contribution in [0.1, 0.15) is 10.4 Å². The van der Waals surface area contributed by atoms with Crippen molar-refractivity contribution in [3.8, 4) is 0 Å². The number of hydrogen-bond donors (Lipinski definition) is 1. The van der Waals surface area contributed by atoms with Gasteiger partial charge in [0.2, 0.25) is 5.95 Å². The van der Waals surface area contributed by atoms with Crippen molar-refractivity contribution < 1.29 is 14.1 Å². The van der Waals surface area contributed by atoms with E-state index in [-0.39, 0.29) is 22.0 Å². The fraction of sp³-hybridized carbons (Fsp3) is 0. The number of halogens is 2. The molecule has 0 fully saturated rings. The van der Waals surface area contributed by atoms with Crippen molar-refractivity contribution in [3.05, 3.63) is 63.2 Å². The van der Waals surface area contributed by atoms with E-state index in [1.807, 2.05) is 0 Å². The van der Waals surface area contributed by atoms with Gasteiger partial charge in [-0.15, -0.1) is 0 Å². The van der Waals surface area contributed by atoms with Crippen molar-refractivity contribution in [2.24, 2.45) is 0 Å². The molecule has 1 amide bonds. The lowest BCUT2D eigenvalue weighted by Crippen LogP contribution is -2.15. The van der Waals surface area contributed by atoms with Crippen LogP contribution < -0.4 is 5.32 Å². The summed E-state index contributed by atoms with van der Waals surface area (Å²) in [4.78, 5) is 25.4. The Kier molecular flexibility index (Phi) is 3.90. The van der Waals surface area contributed by atoms with E-state index < -0.39 is 16.8 Å². The highest BCUT2D eigenvalue weighted by Crippen LogP contribution is 2.28. The molecule has 8 heteroatoms.